The second-order valence-electron chi connectivity index (χ2n) is 2.83. The van der Waals surface area contributed by atoms with Crippen molar-refractivity contribution in [1.29, 1.82) is 0 Å². The van der Waals surface area contributed by atoms with Crippen LogP contribution < -0.4 is 5.32 Å². The summed E-state index contributed by atoms with van der Waals surface area (Å²) in [5.41, 5.74) is 0. The summed E-state index contributed by atoms with van der Waals surface area (Å²) in [5.74, 6) is 1.12. The van der Waals surface area contributed by atoms with Gasteiger partial charge >= 0.3 is 0 Å². The molecule has 5 heteroatoms. The van der Waals surface area contributed by atoms with Gasteiger partial charge in [-0.3, -0.25) is 0 Å². The molecule has 0 aromatic carbocycles. The first-order valence-electron chi connectivity index (χ1n) is 4.46. The van der Waals surface area contributed by atoms with Crippen LogP contribution in [0.1, 0.15) is 12.8 Å². The van der Waals surface area contributed by atoms with Crippen LogP contribution in [0.15, 0.2) is 11.5 Å². The molecule has 0 bridgehead atoms. The van der Waals surface area contributed by atoms with Crippen molar-refractivity contribution in [3.05, 3.63) is 6.33 Å². The van der Waals surface area contributed by atoms with E-state index in [9.17, 15) is 0 Å². The Morgan fingerprint density at radius 3 is 3.00 bits per heavy atom. The molecule has 0 amide bonds. The van der Waals surface area contributed by atoms with Crippen LogP contribution in [0, 0.1) is 0 Å². The predicted molar refractivity (Wildman–Crippen MR) is 54.9 cm³/mol. The Kier molecular flexibility index (Phi) is 4.85. The largest absolute Gasteiger partial charge is 0.320 e. The quantitative estimate of drug-likeness (QED) is 0.547. The Hall–Kier alpha value is -0.550. The zero-order chi connectivity index (χ0) is 9.52. The van der Waals surface area contributed by atoms with Gasteiger partial charge in [0.2, 0.25) is 0 Å². The minimum atomic E-state index is 1.00. The number of rotatable bonds is 6. The van der Waals surface area contributed by atoms with Crippen molar-refractivity contribution in [3.8, 4) is 0 Å². The minimum Gasteiger partial charge on any atom is -0.320 e. The Bertz CT molecular complexity index is 236. The molecule has 1 aromatic heterocycles. The summed E-state index contributed by atoms with van der Waals surface area (Å²) >= 11 is 1.77. The van der Waals surface area contributed by atoms with Gasteiger partial charge in [-0.2, -0.15) is 5.10 Å². The Morgan fingerprint density at radius 2 is 2.38 bits per heavy atom. The van der Waals surface area contributed by atoms with Gasteiger partial charge in [-0.05, 0) is 26.4 Å². The molecule has 0 saturated carbocycles. The topological polar surface area (TPSA) is 42.7 Å². The van der Waals surface area contributed by atoms with Crippen molar-refractivity contribution in [3.63, 3.8) is 0 Å². The van der Waals surface area contributed by atoms with E-state index in [0.717, 1.165) is 17.5 Å². The van der Waals surface area contributed by atoms with Gasteiger partial charge in [0.05, 0.1) is 0 Å². The molecule has 0 fully saturated rings. The minimum absolute atomic E-state index is 1.00. The maximum atomic E-state index is 4.13. The number of nitrogens with one attached hydrogen (secondary N) is 1. The van der Waals surface area contributed by atoms with E-state index >= 15 is 0 Å². The first kappa shape index (κ1) is 10.5. The fraction of sp³-hybridized carbons (Fsp3) is 0.750. The van der Waals surface area contributed by atoms with E-state index in [2.05, 4.69) is 15.4 Å². The third-order valence-corrected chi connectivity index (χ3v) is 2.84. The smallest absolute Gasteiger partial charge is 0.185 e. The van der Waals surface area contributed by atoms with Crippen LogP contribution in [-0.4, -0.2) is 34.1 Å². The molecule has 0 aliphatic rings. The number of unbranched alkanes of at least 4 members (excludes halogenated alkanes) is 1. The normalized spacial score (nSPS) is 10.6. The summed E-state index contributed by atoms with van der Waals surface area (Å²) in [5, 5.41) is 8.14. The highest BCUT2D eigenvalue weighted by atomic mass is 32.2. The number of aryl methyl sites for hydroxylation is 1. The van der Waals surface area contributed by atoms with Crippen molar-refractivity contribution in [2.24, 2.45) is 7.05 Å². The molecule has 0 unspecified atom stereocenters. The van der Waals surface area contributed by atoms with Crippen LogP contribution in [0.3, 0.4) is 0 Å². The molecule has 0 aliphatic carbocycles. The van der Waals surface area contributed by atoms with E-state index in [1.54, 1.807) is 18.1 Å². The summed E-state index contributed by atoms with van der Waals surface area (Å²) in [6.07, 6.45) is 4.04. The number of nitrogens with zero attached hydrogens (tertiary/aromatic N) is 3. The van der Waals surface area contributed by atoms with Crippen molar-refractivity contribution < 1.29 is 0 Å². The molecule has 74 valence electrons. The van der Waals surface area contributed by atoms with Gasteiger partial charge in [-0.15, -0.1) is 0 Å². The molecule has 1 rings (SSSR count). The van der Waals surface area contributed by atoms with Gasteiger partial charge in [-0.1, -0.05) is 11.8 Å². The lowest BCUT2D eigenvalue weighted by molar-refractivity contribution is 0.681. The van der Waals surface area contributed by atoms with Gasteiger partial charge < -0.3 is 5.32 Å². The van der Waals surface area contributed by atoms with E-state index in [-0.39, 0.29) is 0 Å². The van der Waals surface area contributed by atoms with Gasteiger partial charge in [0, 0.05) is 12.8 Å². The number of hydrogen-bond acceptors (Lipinski definition) is 4. The number of thioether (sulfide) groups is 1. The standard InChI is InChI=1S/C8H16N4S/c1-9-5-3-4-6-13-8-10-7-11-12(8)2/h7,9H,3-6H2,1-2H3. The lowest BCUT2D eigenvalue weighted by Crippen LogP contribution is -2.07. The predicted octanol–water partition coefficient (Wildman–Crippen LogP) is 0.907. The first-order valence-corrected chi connectivity index (χ1v) is 5.44. The van der Waals surface area contributed by atoms with Gasteiger partial charge in [-0.25, -0.2) is 9.67 Å². The average Bonchev–Trinajstić information content (AvgIpc) is 2.52. The molecule has 0 atom stereocenters. The van der Waals surface area contributed by atoms with Gasteiger partial charge in [0.25, 0.3) is 0 Å². The molecule has 1 N–H and O–H groups in total. The molecule has 13 heavy (non-hydrogen) atoms. The van der Waals surface area contributed by atoms with Crippen molar-refractivity contribution in [2.45, 2.75) is 18.0 Å². The highest BCUT2D eigenvalue weighted by Gasteiger charge is 1.99. The Labute approximate surface area is 83.1 Å². The zero-order valence-corrected chi connectivity index (χ0v) is 8.97. The van der Waals surface area contributed by atoms with Crippen molar-refractivity contribution in [2.75, 3.05) is 19.3 Å². The van der Waals surface area contributed by atoms with Crippen molar-refractivity contribution in [1.82, 2.24) is 20.1 Å². The van der Waals surface area contributed by atoms with Crippen LogP contribution in [0.2, 0.25) is 0 Å². The summed E-state index contributed by atoms with van der Waals surface area (Å²) in [4.78, 5) is 4.13. The maximum Gasteiger partial charge on any atom is 0.185 e. The average molecular weight is 200 g/mol. The second kappa shape index (κ2) is 5.99. The third-order valence-electron chi connectivity index (χ3n) is 1.72. The lowest BCUT2D eigenvalue weighted by Gasteiger charge is -2.00. The van der Waals surface area contributed by atoms with Crippen LogP contribution in [0.5, 0.6) is 0 Å². The lowest BCUT2D eigenvalue weighted by atomic mass is 10.3. The fourth-order valence-corrected chi connectivity index (χ4v) is 1.87. The second-order valence-corrected chi connectivity index (χ2v) is 3.89. The van der Waals surface area contributed by atoms with E-state index in [0.29, 0.717) is 0 Å². The van der Waals surface area contributed by atoms with Crippen LogP contribution in [0.25, 0.3) is 0 Å². The summed E-state index contributed by atoms with van der Waals surface area (Å²) in [7, 11) is 3.90. The number of aromatic nitrogens is 3. The molecular formula is C8H16N4S. The van der Waals surface area contributed by atoms with Crippen LogP contribution in [-0.2, 0) is 7.05 Å². The van der Waals surface area contributed by atoms with E-state index < -0.39 is 0 Å². The maximum absolute atomic E-state index is 4.13. The van der Waals surface area contributed by atoms with Gasteiger partial charge in [0.15, 0.2) is 5.16 Å². The summed E-state index contributed by atoms with van der Waals surface area (Å²) < 4.78 is 1.81. The third kappa shape index (κ3) is 3.78. The summed E-state index contributed by atoms with van der Waals surface area (Å²) in [6, 6.07) is 0. The molecule has 0 spiro atoms. The molecule has 1 heterocycles. The monoisotopic (exact) mass is 200 g/mol. The molecule has 0 aliphatic heterocycles. The van der Waals surface area contributed by atoms with Crippen LogP contribution in [0.4, 0.5) is 0 Å². The fourth-order valence-electron chi connectivity index (χ4n) is 0.984. The molecule has 4 nitrogen and oxygen atoms in total. The molecule has 0 saturated heterocycles. The highest BCUT2D eigenvalue weighted by molar-refractivity contribution is 7.99. The zero-order valence-electron chi connectivity index (χ0n) is 8.16. The Balaban J connectivity index is 2.10. The first-order chi connectivity index (χ1) is 6.34. The van der Waals surface area contributed by atoms with Crippen molar-refractivity contribution >= 4 is 11.8 Å². The SMILES string of the molecule is CNCCCCSc1ncnn1C. The number of hydrogen-bond donors (Lipinski definition) is 1. The highest BCUT2D eigenvalue weighted by Crippen LogP contribution is 2.14. The van der Waals surface area contributed by atoms with Gasteiger partial charge in [0.1, 0.15) is 6.33 Å². The van der Waals surface area contributed by atoms with E-state index in [1.165, 1.54) is 12.8 Å². The molecule has 1 aromatic rings. The molecular weight excluding hydrogens is 184 g/mol. The summed E-state index contributed by atoms with van der Waals surface area (Å²) in [6.45, 7) is 1.10. The van der Waals surface area contributed by atoms with E-state index in [4.69, 9.17) is 0 Å². The Morgan fingerprint density at radius 1 is 1.54 bits per heavy atom. The molecule has 0 radical (unpaired) electrons. The van der Waals surface area contributed by atoms with E-state index in [1.807, 2.05) is 18.8 Å². The van der Waals surface area contributed by atoms with Crippen LogP contribution >= 0.6 is 11.8 Å².